The van der Waals surface area contributed by atoms with Crippen LogP contribution >= 0.6 is 0 Å². The molecule has 3 aromatic carbocycles. The Hall–Kier alpha value is -4.13. The zero-order valence-electron chi connectivity index (χ0n) is 15.9. The van der Waals surface area contributed by atoms with E-state index in [0.717, 1.165) is 11.1 Å². The highest BCUT2D eigenvalue weighted by atomic mass is 16.7. The van der Waals surface area contributed by atoms with Crippen molar-refractivity contribution < 1.29 is 19.2 Å². The van der Waals surface area contributed by atoms with Crippen LogP contribution < -0.4 is 14.8 Å². The van der Waals surface area contributed by atoms with Crippen molar-refractivity contribution in [1.29, 1.82) is 0 Å². The highest BCUT2D eigenvalue weighted by Gasteiger charge is 2.22. The highest BCUT2D eigenvalue weighted by molar-refractivity contribution is 6.02. The third-order valence-corrected chi connectivity index (χ3v) is 4.65. The lowest BCUT2D eigenvalue weighted by Gasteiger charge is -2.10. The quantitative estimate of drug-likeness (QED) is 0.371. The Labute approximate surface area is 172 Å². The summed E-state index contributed by atoms with van der Waals surface area (Å²) >= 11 is 0. The number of amides is 1. The first kappa shape index (κ1) is 19.2. The fourth-order valence-corrected chi connectivity index (χ4v) is 3.19. The minimum absolute atomic E-state index is 0.0122. The number of nitrogens with zero attached hydrogens (tertiary/aromatic N) is 1. The van der Waals surface area contributed by atoms with Crippen LogP contribution in [0.15, 0.2) is 72.8 Å². The van der Waals surface area contributed by atoms with E-state index in [1.807, 2.05) is 54.6 Å². The summed E-state index contributed by atoms with van der Waals surface area (Å²) in [6, 6.07) is 20.3. The molecule has 0 fully saturated rings. The Morgan fingerprint density at radius 3 is 2.50 bits per heavy atom. The largest absolute Gasteiger partial charge is 0.454 e. The smallest absolute Gasteiger partial charge is 0.280 e. The van der Waals surface area contributed by atoms with Gasteiger partial charge >= 0.3 is 0 Å². The van der Waals surface area contributed by atoms with Gasteiger partial charge in [-0.2, -0.15) is 0 Å². The van der Waals surface area contributed by atoms with Crippen LogP contribution in [-0.2, 0) is 11.2 Å². The third-order valence-electron chi connectivity index (χ3n) is 4.65. The van der Waals surface area contributed by atoms with E-state index in [0.29, 0.717) is 23.6 Å². The number of anilines is 1. The van der Waals surface area contributed by atoms with Crippen LogP contribution in [0.5, 0.6) is 11.5 Å². The minimum atomic E-state index is -0.519. The van der Waals surface area contributed by atoms with E-state index in [1.54, 1.807) is 0 Å². The van der Waals surface area contributed by atoms with Gasteiger partial charge in [0.15, 0.2) is 11.5 Å². The van der Waals surface area contributed by atoms with Gasteiger partial charge in [-0.25, -0.2) is 0 Å². The van der Waals surface area contributed by atoms with Crippen LogP contribution in [0.4, 0.5) is 11.4 Å². The Morgan fingerprint density at radius 2 is 1.73 bits per heavy atom. The Morgan fingerprint density at radius 1 is 1.03 bits per heavy atom. The predicted octanol–water partition coefficient (Wildman–Crippen LogP) is 4.57. The number of fused-ring (bicyclic) bond motifs is 1. The second-order valence-corrected chi connectivity index (χ2v) is 6.66. The van der Waals surface area contributed by atoms with E-state index in [-0.39, 0.29) is 24.0 Å². The summed E-state index contributed by atoms with van der Waals surface area (Å²) in [6.07, 6.45) is 3.34. The topological polar surface area (TPSA) is 90.7 Å². The predicted molar refractivity (Wildman–Crippen MR) is 113 cm³/mol. The number of nitro groups is 1. The van der Waals surface area contributed by atoms with E-state index in [9.17, 15) is 14.9 Å². The van der Waals surface area contributed by atoms with Crippen molar-refractivity contribution in [3.8, 4) is 11.5 Å². The van der Waals surface area contributed by atoms with Crippen LogP contribution in [0.1, 0.15) is 16.7 Å². The first-order chi connectivity index (χ1) is 14.6. The molecule has 3 aromatic rings. The minimum Gasteiger partial charge on any atom is -0.454 e. The van der Waals surface area contributed by atoms with Crippen molar-refractivity contribution in [3.63, 3.8) is 0 Å². The lowest BCUT2D eigenvalue weighted by atomic mass is 10.0. The molecule has 1 aliphatic heterocycles. The molecular formula is C23H18N2O5. The number of hydrogen-bond donors (Lipinski definition) is 1. The molecule has 0 atom stereocenters. The fraction of sp³-hybridized carbons (Fsp3) is 0.0870. The van der Waals surface area contributed by atoms with Crippen LogP contribution in [-0.4, -0.2) is 17.6 Å². The number of nitrogens with one attached hydrogen (secondary N) is 1. The number of benzene rings is 3. The summed E-state index contributed by atoms with van der Waals surface area (Å²) in [7, 11) is 0. The second-order valence-electron chi connectivity index (χ2n) is 6.66. The molecular weight excluding hydrogens is 384 g/mol. The molecule has 1 aliphatic rings. The summed E-state index contributed by atoms with van der Waals surface area (Å²) in [5.41, 5.74) is 2.89. The molecule has 0 radical (unpaired) electrons. The van der Waals surface area contributed by atoms with Crippen molar-refractivity contribution in [2.75, 3.05) is 12.1 Å². The Kier molecular flexibility index (Phi) is 5.43. The van der Waals surface area contributed by atoms with Crippen LogP contribution in [0.2, 0.25) is 0 Å². The summed E-state index contributed by atoms with van der Waals surface area (Å²) in [5, 5.41) is 14.2. The maximum atomic E-state index is 12.5. The van der Waals surface area contributed by atoms with Gasteiger partial charge < -0.3 is 14.8 Å². The lowest BCUT2D eigenvalue weighted by Crippen LogP contribution is -2.10. The molecule has 0 aliphatic carbocycles. The molecule has 30 heavy (non-hydrogen) atoms. The van der Waals surface area contributed by atoms with Crippen molar-refractivity contribution in [1.82, 2.24) is 0 Å². The first-order valence-electron chi connectivity index (χ1n) is 9.29. The fourth-order valence-electron chi connectivity index (χ4n) is 3.19. The van der Waals surface area contributed by atoms with Gasteiger partial charge in [-0.3, -0.25) is 14.9 Å². The van der Waals surface area contributed by atoms with Crippen molar-refractivity contribution >= 4 is 23.4 Å². The molecule has 0 aromatic heterocycles. The highest BCUT2D eigenvalue weighted by Crippen LogP contribution is 2.38. The monoisotopic (exact) mass is 402 g/mol. The number of ether oxygens (including phenoxy) is 2. The zero-order chi connectivity index (χ0) is 20.9. The molecule has 150 valence electrons. The molecule has 4 rings (SSSR count). The molecule has 7 heteroatoms. The molecule has 0 spiro atoms. The van der Waals surface area contributed by atoms with Gasteiger partial charge in [-0.15, -0.1) is 0 Å². The Balaban J connectivity index is 1.52. The summed E-state index contributed by atoms with van der Waals surface area (Å²) in [4.78, 5) is 23.3. The number of rotatable bonds is 6. The summed E-state index contributed by atoms with van der Waals surface area (Å²) in [6.45, 7) is 0.0122. The van der Waals surface area contributed by atoms with Gasteiger partial charge in [-0.1, -0.05) is 48.5 Å². The summed E-state index contributed by atoms with van der Waals surface area (Å²) < 4.78 is 10.5. The van der Waals surface area contributed by atoms with Gasteiger partial charge in [0.05, 0.1) is 16.6 Å². The summed E-state index contributed by atoms with van der Waals surface area (Å²) in [5.74, 6) is 0.342. The number of nitro benzene ring substituents is 1. The van der Waals surface area contributed by atoms with Gasteiger partial charge in [0.2, 0.25) is 12.7 Å². The molecule has 0 unspecified atom stereocenters. The van der Waals surface area contributed by atoms with E-state index < -0.39 is 4.92 Å². The SMILES string of the molecule is O=C(/C=C/c1cc2c(cc1[N+](=O)[O-])OCO2)Nc1ccccc1Cc1ccccc1. The van der Waals surface area contributed by atoms with Gasteiger partial charge in [0.25, 0.3) is 5.69 Å². The number of para-hydroxylation sites is 1. The van der Waals surface area contributed by atoms with Gasteiger partial charge in [0.1, 0.15) is 0 Å². The number of carbonyl (C=O) groups excluding carboxylic acids is 1. The standard InChI is InChI=1S/C23H18N2O5/c26-23(11-10-18-13-21-22(30-15-29-21)14-20(18)25(27)28)24-19-9-5-4-8-17(19)12-16-6-2-1-3-7-16/h1-11,13-14H,12,15H2,(H,24,26)/b11-10+. The molecule has 1 amide bonds. The number of hydrogen-bond acceptors (Lipinski definition) is 5. The Bertz CT molecular complexity index is 1130. The van der Waals surface area contributed by atoms with Gasteiger partial charge in [-0.05, 0) is 35.8 Å². The maximum Gasteiger partial charge on any atom is 0.280 e. The molecule has 0 bridgehead atoms. The second kappa shape index (κ2) is 8.48. The van der Waals surface area contributed by atoms with E-state index >= 15 is 0 Å². The third kappa shape index (κ3) is 4.30. The van der Waals surface area contributed by atoms with E-state index in [4.69, 9.17) is 9.47 Å². The molecule has 0 saturated carbocycles. The van der Waals surface area contributed by atoms with Crippen molar-refractivity contribution in [2.24, 2.45) is 0 Å². The number of carbonyl (C=O) groups is 1. The van der Waals surface area contributed by atoms with Crippen LogP contribution in [0.3, 0.4) is 0 Å². The maximum absolute atomic E-state index is 12.5. The first-order valence-corrected chi connectivity index (χ1v) is 9.29. The molecule has 1 N–H and O–H groups in total. The van der Waals surface area contributed by atoms with Crippen molar-refractivity contribution in [2.45, 2.75) is 6.42 Å². The lowest BCUT2D eigenvalue weighted by molar-refractivity contribution is -0.385. The van der Waals surface area contributed by atoms with E-state index in [1.165, 1.54) is 24.3 Å². The van der Waals surface area contributed by atoms with Gasteiger partial charge in [0, 0.05) is 11.8 Å². The van der Waals surface area contributed by atoms with Crippen molar-refractivity contribution in [3.05, 3.63) is 99.6 Å². The normalized spacial score (nSPS) is 12.1. The average molecular weight is 402 g/mol. The average Bonchev–Trinajstić information content (AvgIpc) is 3.21. The van der Waals surface area contributed by atoms with Crippen LogP contribution in [0, 0.1) is 10.1 Å². The molecule has 0 saturated heterocycles. The zero-order valence-corrected chi connectivity index (χ0v) is 15.9. The molecule has 1 heterocycles. The van der Waals surface area contributed by atoms with E-state index in [2.05, 4.69) is 5.32 Å². The van der Waals surface area contributed by atoms with Crippen LogP contribution in [0.25, 0.3) is 6.08 Å². The molecule has 7 nitrogen and oxygen atoms in total.